The van der Waals surface area contributed by atoms with Gasteiger partial charge < -0.3 is 12.9 Å². The first kappa shape index (κ1) is 12.1. The zero-order valence-electron chi connectivity index (χ0n) is 7.95. The molecule has 0 heterocycles. The molecule has 0 atom stereocenters. The smallest absolute Gasteiger partial charge is 0.445 e. The van der Waals surface area contributed by atoms with Crippen molar-refractivity contribution in [2.24, 2.45) is 0 Å². The van der Waals surface area contributed by atoms with Crippen LogP contribution in [0, 0.1) is 0 Å². The molecule has 0 spiro atoms. The van der Waals surface area contributed by atoms with Crippen molar-refractivity contribution in [3.63, 3.8) is 0 Å². The maximum Gasteiger partial charge on any atom is 0.509 e. The zero-order chi connectivity index (χ0) is 11.7. The van der Waals surface area contributed by atoms with Crippen molar-refractivity contribution < 1.29 is 21.4 Å². The van der Waals surface area contributed by atoms with E-state index in [0.717, 1.165) is 18.4 Å². The van der Waals surface area contributed by atoms with Gasteiger partial charge in [0.1, 0.15) is 0 Å². The Kier molecular flexibility index (Phi) is 3.13. The lowest BCUT2D eigenvalue weighted by atomic mass is 9.79. The van der Waals surface area contributed by atoms with E-state index in [4.69, 9.17) is 0 Å². The minimum Gasteiger partial charge on any atom is -0.445 e. The van der Waals surface area contributed by atoms with Crippen molar-refractivity contribution >= 4 is 22.3 Å². The number of halogens is 3. The predicted octanol–water partition coefficient (Wildman–Crippen LogP) is 1.29. The lowest BCUT2D eigenvalue weighted by Gasteiger charge is -2.15. The summed E-state index contributed by atoms with van der Waals surface area (Å²) in [6.45, 7) is -5.07. The van der Waals surface area contributed by atoms with Gasteiger partial charge in [0, 0.05) is 6.26 Å². The van der Waals surface area contributed by atoms with Gasteiger partial charge in [0.15, 0.2) is 9.84 Å². The first-order chi connectivity index (χ1) is 6.68. The highest BCUT2D eigenvalue weighted by Crippen LogP contribution is 2.11. The molecule has 0 fully saturated rings. The third-order valence-electron chi connectivity index (χ3n) is 1.76. The summed E-state index contributed by atoms with van der Waals surface area (Å²) in [5.41, 5.74) is -0.606. The third kappa shape index (κ3) is 3.95. The summed E-state index contributed by atoms with van der Waals surface area (Å²) in [7, 11) is -3.30. The highest BCUT2D eigenvalue weighted by atomic mass is 32.2. The largest absolute Gasteiger partial charge is 0.509 e. The molecule has 0 aliphatic rings. The van der Waals surface area contributed by atoms with Gasteiger partial charge in [-0.15, -0.1) is 5.46 Å². The van der Waals surface area contributed by atoms with Crippen LogP contribution in [0.4, 0.5) is 12.9 Å². The molecule has 0 unspecified atom stereocenters. The van der Waals surface area contributed by atoms with Gasteiger partial charge in [-0.2, -0.15) is 0 Å². The number of benzene rings is 1. The van der Waals surface area contributed by atoms with Crippen molar-refractivity contribution in [2.45, 2.75) is 5.75 Å². The van der Waals surface area contributed by atoms with Crippen LogP contribution in [-0.2, 0) is 15.6 Å². The highest BCUT2D eigenvalue weighted by molar-refractivity contribution is 7.89. The van der Waals surface area contributed by atoms with Gasteiger partial charge in [-0.25, -0.2) is 8.42 Å². The van der Waals surface area contributed by atoms with Crippen LogP contribution in [0.15, 0.2) is 24.3 Å². The van der Waals surface area contributed by atoms with Gasteiger partial charge in [0.25, 0.3) is 0 Å². The Labute approximate surface area is 86.1 Å². The molecule has 15 heavy (non-hydrogen) atoms. The van der Waals surface area contributed by atoms with Crippen molar-refractivity contribution in [1.29, 1.82) is 0 Å². The second kappa shape index (κ2) is 3.88. The molecule has 0 radical (unpaired) electrons. The minimum absolute atomic E-state index is 0.161. The van der Waals surface area contributed by atoms with E-state index in [1.54, 1.807) is 0 Å². The summed E-state index contributed by atoms with van der Waals surface area (Å²) in [4.78, 5) is 0. The monoisotopic (exact) mass is 237 g/mol. The predicted molar refractivity (Wildman–Crippen MR) is 53.7 cm³/mol. The van der Waals surface area contributed by atoms with Gasteiger partial charge in [0.05, 0.1) is 5.75 Å². The van der Waals surface area contributed by atoms with Crippen LogP contribution in [0.5, 0.6) is 0 Å². The zero-order valence-corrected chi connectivity index (χ0v) is 8.77. The molecule has 0 aliphatic carbocycles. The van der Waals surface area contributed by atoms with Gasteiger partial charge in [-0.3, -0.25) is 0 Å². The third-order valence-corrected chi connectivity index (χ3v) is 2.62. The Morgan fingerprint density at radius 1 is 1.27 bits per heavy atom. The second-order valence-electron chi connectivity index (χ2n) is 3.39. The topological polar surface area (TPSA) is 34.1 Å². The SMILES string of the molecule is CS(=O)(=O)Cc1cccc([B-](F)(F)F)c1. The fraction of sp³-hybridized carbons (Fsp3) is 0.250. The van der Waals surface area contributed by atoms with Crippen LogP contribution in [0.2, 0.25) is 0 Å². The lowest BCUT2D eigenvalue weighted by molar-refractivity contribution is 0.501. The molecule has 2 nitrogen and oxygen atoms in total. The Hall–Kier alpha value is -0.975. The molecular weight excluding hydrogens is 228 g/mol. The molecule has 0 saturated carbocycles. The standard InChI is InChI=1S/C8H9BF3O2S/c1-15(13,14)6-7-3-2-4-8(5-7)9(10,11)12/h2-5H,6H2,1H3/q-1. The highest BCUT2D eigenvalue weighted by Gasteiger charge is 2.25. The van der Waals surface area contributed by atoms with Gasteiger partial charge in [0.2, 0.25) is 0 Å². The summed E-state index contributed by atoms with van der Waals surface area (Å²) >= 11 is 0. The van der Waals surface area contributed by atoms with Crippen LogP contribution in [0.1, 0.15) is 5.56 Å². The van der Waals surface area contributed by atoms with E-state index in [0.29, 0.717) is 0 Å². The molecule has 0 saturated heterocycles. The molecule has 1 aromatic rings. The Balaban J connectivity index is 3.04. The van der Waals surface area contributed by atoms with Crippen molar-refractivity contribution in [3.05, 3.63) is 29.8 Å². The second-order valence-corrected chi connectivity index (χ2v) is 5.53. The summed E-state index contributed by atoms with van der Waals surface area (Å²) < 4.78 is 58.7. The molecule has 0 bridgehead atoms. The van der Waals surface area contributed by atoms with Crippen LogP contribution in [-0.4, -0.2) is 21.7 Å². The molecule has 1 rings (SSSR count). The van der Waals surface area contributed by atoms with E-state index in [1.165, 1.54) is 12.1 Å². The molecule has 0 amide bonds. The number of hydrogen-bond acceptors (Lipinski definition) is 2. The average Bonchev–Trinajstić information content (AvgIpc) is 1.99. The molecule has 84 valence electrons. The first-order valence-corrected chi connectivity index (χ1v) is 6.21. The maximum absolute atomic E-state index is 12.3. The fourth-order valence-corrected chi connectivity index (χ4v) is 1.97. The summed E-state index contributed by atoms with van der Waals surface area (Å²) in [6, 6.07) is 4.39. The molecule has 0 aliphatic heterocycles. The van der Waals surface area contributed by atoms with Gasteiger partial charge >= 0.3 is 6.98 Å². The Morgan fingerprint density at radius 2 is 1.87 bits per heavy atom. The van der Waals surface area contributed by atoms with Crippen molar-refractivity contribution in [1.82, 2.24) is 0 Å². The Morgan fingerprint density at radius 3 is 2.33 bits per heavy atom. The number of hydrogen-bond donors (Lipinski definition) is 0. The minimum atomic E-state index is -5.07. The fourth-order valence-electron chi connectivity index (χ4n) is 1.19. The van der Waals surface area contributed by atoms with Crippen molar-refractivity contribution in [3.8, 4) is 0 Å². The summed E-state index contributed by atoms with van der Waals surface area (Å²) in [5.74, 6) is -0.368. The van der Waals surface area contributed by atoms with Crippen LogP contribution < -0.4 is 5.46 Å². The number of rotatable bonds is 3. The molecule has 1 aromatic carbocycles. The van der Waals surface area contributed by atoms with Gasteiger partial charge in [-0.05, 0) is 5.56 Å². The molecule has 0 N–H and O–H groups in total. The van der Waals surface area contributed by atoms with E-state index >= 15 is 0 Å². The van der Waals surface area contributed by atoms with Crippen LogP contribution in [0.3, 0.4) is 0 Å². The van der Waals surface area contributed by atoms with E-state index in [9.17, 15) is 21.4 Å². The molecule has 0 aromatic heterocycles. The van der Waals surface area contributed by atoms with Crippen LogP contribution >= 0.6 is 0 Å². The summed E-state index contributed by atoms with van der Waals surface area (Å²) in [5, 5.41) is 0. The average molecular weight is 237 g/mol. The van der Waals surface area contributed by atoms with E-state index < -0.39 is 22.3 Å². The van der Waals surface area contributed by atoms with E-state index in [-0.39, 0.29) is 11.3 Å². The molecule has 7 heteroatoms. The Bertz CT molecular complexity index is 453. The van der Waals surface area contributed by atoms with Gasteiger partial charge in [-0.1, -0.05) is 24.3 Å². The van der Waals surface area contributed by atoms with Crippen LogP contribution in [0.25, 0.3) is 0 Å². The molecular formula is C8H9BF3O2S-. The normalized spacial score (nSPS) is 12.8. The van der Waals surface area contributed by atoms with E-state index in [2.05, 4.69) is 0 Å². The summed E-state index contributed by atoms with van der Waals surface area (Å²) in [6.07, 6.45) is 0.985. The quantitative estimate of drug-likeness (QED) is 0.742. The number of sulfone groups is 1. The first-order valence-electron chi connectivity index (χ1n) is 4.15. The maximum atomic E-state index is 12.3. The van der Waals surface area contributed by atoms with E-state index in [1.807, 2.05) is 0 Å². The van der Waals surface area contributed by atoms with Crippen molar-refractivity contribution in [2.75, 3.05) is 6.26 Å². The lowest BCUT2D eigenvalue weighted by Crippen LogP contribution is -2.34.